The van der Waals surface area contributed by atoms with Crippen LogP contribution in [0.15, 0.2) is 18.2 Å². The molecular formula is C18H24N2O3. The number of pyridine rings is 1. The van der Waals surface area contributed by atoms with Crippen molar-refractivity contribution in [2.75, 3.05) is 19.7 Å². The number of hydrogen-bond donors (Lipinski definition) is 0. The van der Waals surface area contributed by atoms with Crippen LogP contribution in [-0.4, -0.2) is 41.5 Å². The van der Waals surface area contributed by atoms with Crippen molar-refractivity contribution in [2.45, 2.75) is 39.0 Å². The lowest BCUT2D eigenvalue weighted by molar-refractivity contribution is -0.148. The number of aromatic nitrogens is 1. The third-order valence-corrected chi connectivity index (χ3v) is 4.49. The Morgan fingerprint density at radius 2 is 2.22 bits per heavy atom. The van der Waals surface area contributed by atoms with Crippen molar-refractivity contribution in [3.8, 4) is 0 Å². The van der Waals surface area contributed by atoms with Crippen molar-refractivity contribution < 1.29 is 14.3 Å². The van der Waals surface area contributed by atoms with Crippen molar-refractivity contribution in [3.05, 3.63) is 29.6 Å². The number of amides is 1. The van der Waals surface area contributed by atoms with Gasteiger partial charge in [0.2, 0.25) is 5.91 Å². The fraction of sp³-hybridized carbons (Fsp3) is 0.611. The quantitative estimate of drug-likeness (QED) is 0.571. The van der Waals surface area contributed by atoms with Crippen molar-refractivity contribution in [1.82, 2.24) is 9.88 Å². The van der Waals surface area contributed by atoms with Gasteiger partial charge in [-0.25, -0.2) is 0 Å². The molecule has 0 N–H and O–H groups in total. The number of nitrogens with zero attached hydrogens (tertiary/aromatic N) is 2. The van der Waals surface area contributed by atoms with E-state index in [1.54, 1.807) is 0 Å². The Morgan fingerprint density at radius 1 is 1.39 bits per heavy atom. The molecule has 124 valence electrons. The van der Waals surface area contributed by atoms with Gasteiger partial charge in [0, 0.05) is 30.9 Å². The van der Waals surface area contributed by atoms with E-state index in [0.717, 1.165) is 30.8 Å². The summed E-state index contributed by atoms with van der Waals surface area (Å²) in [6.45, 7) is 3.71. The smallest absolute Gasteiger partial charge is 0.311 e. The van der Waals surface area contributed by atoms with E-state index in [-0.39, 0.29) is 17.8 Å². The largest absolute Gasteiger partial charge is 0.465 e. The molecular weight excluding hydrogens is 292 g/mol. The Hall–Kier alpha value is -1.91. The van der Waals surface area contributed by atoms with E-state index in [4.69, 9.17) is 4.74 Å². The minimum absolute atomic E-state index is 0.0998. The Morgan fingerprint density at radius 3 is 2.96 bits per heavy atom. The SMILES string of the molecule is Cc1cccc(CCCOC(=O)C2CC(=O)N(CC3CC3)C2)n1. The van der Waals surface area contributed by atoms with E-state index >= 15 is 0 Å². The maximum Gasteiger partial charge on any atom is 0.311 e. The summed E-state index contributed by atoms with van der Waals surface area (Å²) in [5.74, 6) is 0.255. The maximum absolute atomic E-state index is 12.1. The number of hydrogen-bond acceptors (Lipinski definition) is 4. The van der Waals surface area contributed by atoms with Gasteiger partial charge >= 0.3 is 5.97 Å². The van der Waals surface area contributed by atoms with Crippen LogP contribution in [0.5, 0.6) is 0 Å². The molecule has 1 atom stereocenters. The third-order valence-electron chi connectivity index (χ3n) is 4.49. The third kappa shape index (κ3) is 4.53. The molecule has 0 bridgehead atoms. The molecule has 2 aliphatic rings. The van der Waals surface area contributed by atoms with Crippen LogP contribution in [0.3, 0.4) is 0 Å². The van der Waals surface area contributed by atoms with Crippen LogP contribution in [0.2, 0.25) is 0 Å². The van der Waals surface area contributed by atoms with Gasteiger partial charge in [-0.3, -0.25) is 14.6 Å². The lowest BCUT2D eigenvalue weighted by Gasteiger charge is -2.15. The maximum atomic E-state index is 12.1. The first-order valence-electron chi connectivity index (χ1n) is 8.49. The zero-order valence-corrected chi connectivity index (χ0v) is 13.7. The fourth-order valence-corrected chi connectivity index (χ4v) is 3.00. The van der Waals surface area contributed by atoms with Gasteiger partial charge in [0.15, 0.2) is 0 Å². The molecule has 1 aliphatic heterocycles. The fourth-order valence-electron chi connectivity index (χ4n) is 3.00. The van der Waals surface area contributed by atoms with Gasteiger partial charge in [0.25, 0.3) is 0 Å². The van der Waals surface area contributed by atoms with Crippen LogP contribution in [0.4, 0.5) is 0 Å². The van der Waals surface area contributed by atoms with Crippen LogP contribution >= 0.6 is 0 Å². The number of esters is 1. The van der Waals surface area contributed by atoms with Gasteiger partial charge in [-0.2, -0.15) is 0 Å². The first-order chi connectivity index (χ1) is 11.1. The monoisotopic (exact) mass is 316 g/mol. The molecule has 23 heavy (non-hydrogen) atoms. The second-order valence-corrected chi connectivity index (χ2v) is 6.68. The molecule has 5 nitrogen and oxygen atoms in total. The summed E-state index contributed by atoms with van der Waals surface area (Å²) in [4.78, 5) is 30.3. The molecule has 1 aromatic heterocycles. The summed E-state index contributed by atoms with van der Waals surface area (Å²) in [6.07, 6.45) is 4.30. The molecule has 1 saturated heterocycles. The van der Waals surface area contributed by atoms with Gasteiger partial charge in [0.05, 0.1) is 12.5 Å². The summed E-state index contributed by atoms with van der Waals surface area (Å²) in [5, 5.41) is 0. The van der Waals surface area contributed by atoms with E-state index in [0.29, 0.717) is 25.5 Å². The molecule has 3 rings (SSSR count). The van der Waals surface area contributed by atoms with Gasteiger partial charge in [-0.15, -0.1) is 0 Å². The average molecular weight is 316 g/mol. The predicted molar refractivity (Wildman–Crippen MR) is 85.7 cm³/mol. The first kappa shape index (κ1) is 16.0. The van der Waals surface area contributed by atoms with Crippen molar-refractivity contribution in [2.24, 2.45) is 11.8 Å². The highest BCUT2D eigenvalue weighted by Crippen LogP contribution is 2.32. The van der Waals surface area contributed by atoms with Crippen LogP contribution in [0, 0.1) is 18.8 Å². The van der Waals surface area contributed by atoms with Crippen LogP contribution < -0.4 is 0 Å². The van der Waals surface area contributed by atoms with E-state index in [2.05, 4.69) is 4.98 Å². The minimum atomic E-state index is -0.279. The molecule has 1 aromatic rings. The number of carbonyl (C=O) groups excluding carboxylic acids is 2. The second kappa shape index (κ2) is 7.11. The molecule has 0 aromatic carbocycles. The molecule has 1 amide bonds. The minimum Gasteiger partial charge on any atom is -0.465 e. The van der Waals surface area contributed by atoms with E-state index < -0.39 is 0 Å². The van der Waals surface area contributed by atoms with Gasteiger partial charge in [-0.05, 0) is 50.7 Å². The molecule has 0 radical (unpaired) electrons. The summed E-state index contributed by atoms with van der Waals surface area (Å²) in [5.41, 5.74) is 2.02. The highest BCUT2D eigenvalue weighted by molar-refractivity contribution is 5.86. The molecule has 1 aliphatic carbocycles. The number of likely N-dealkylation sites (tertiary alicyclic amines) is 1. The van der Waals surface area contributed by atoms with E-state index in [1.165, 1.54) is 12.8 Å². The van der Waals surface area contributed by atoms with Crippen molar-refractivity contribution in [1.29, 1.82) is 0 Å². The van der Waals surface area contributed by atoms with Crippen LogP contribution in [0.1, 0.15) is 37.1 Å². The Kier molecular flexibility index (Phi) is 4.94. The number of aryl methyl sites for hydroxylation is 2. The van der Waals surface area contributed by atoms with E-state index in [1.807, 2.05) is 30.0 Å². The molecule has 1 saturated carbocycles. The molecule has 1 unspecified atom stereocenters. The Bertz CT molecular complexity index is 583. The second-order valence-electron chi connectivity index (χ2n) is 6.68. The van der Waals surface area contributed by atoms with E-state index in [9.17, 15) is 9.59 Å². The number of ether oxygens (including phenoxy) is 1. The van der Waals surface area contributed by atoms with Crippen LogP contribution in [0.25, 0.3) is 0 Å². The standard InChI is InChI=1S/C18H24N2O3/c1-13-4-2-5-16(19-13)6-3-9-23-18(22)15-10-17(21)20(12-15)11-14-7-8-14/h2,4-5,14-15H,3,6-12H2,1H3. The molecule has 0 spiro atoms. The summed E-state index contributed by atoms with van der Waals surface area (Å²) < 4.78 is 5.35. The normalized spacial score (nSPS) is 20.8. The molecule has 2 heterocycles. The lowest BCUT2D eigenvalue weighted by atomic mass is 10.1. The number of rotatable bonds is 7. The Labute approximate surface area is 137 Å². The molecule has 2 fully saturated rings. The summed E-state index contributed by atoms with van der Waals surface area (Å²) in [6, 6.07) is 5.94. The van der Waals surface area contributed by atoms with Crippen LogP contribution in [-0.2, 0) is 20.7 Å². The zero-order valence-electron chi connectivity index (χ0n) is 13.7. The highest BCUT2D eigenvalue weighted by Gasteiger charge is 2.37. The van der Waals surface area contributed by atoms with Gasteiger partial charge in [0.1, 0.15) is 0 Å². The lowest BCUT2D eigenvalue weighted by Crippen LogP contribution is -2.28. The average Bonchev–Trinajstić information content (AvgIpc) is 3.26. The van der Waals surface area contributed by atoms with Gasteiger partial charge in [-0.1, -0.05) is 6.07 Å². The van der Waals surface area contributed by atoms with Gasteiger partial charge < -0.3 is 9.64 Å². The predicted octanol–water partition coefficient (Wildman–Crippen LogP) is 2.12. The zero-order chi connectivity index (χ0) is 16.2. The molecule has 5 heteroatoms. The van der Waals surface area contributed by atoms with Crippen molar-refractivity contribution >= 4 is 11.9 Å². The summed E-state index contributed by atoms with van der Waals surface area (Å²) in [7, 11) is 0. The summed E-state index contributed by atoms with van der Waals surface area (Å²) >= 11 is 0. The number of carbonyl (C=O) groups is 2. The first-order valence-corrected chi connectivity index (χ1v) is 8.49. The Balaban J connectivity index is 1.37. The topological polar surface area (TPSA) is 59.5 Å². The highest BCUT2D eigenvalue weighted by atomic mass is 16.5. The van der Waals surface area contributed by atoms with Crippen molar-refractivity contribution in [3.63, 3.8) is 0 Å².